The largest absolute Gasteiger partial charge is 0.477 e. The standard InChI is InChI=1S/C14H16N2O4S2/c1-9-4-3-5-11(8-9)22(19,20)15-7-6-12-16-10(2)13(21-12)14(17)18/h3-5,8,15H,6-7H2,1-2H3,(H,17,18). The van der Waals surface area contributed by atoms with E-state index < -0.39 is 16.0 Å². The van der Waals surface area contributed by atoms with Gasteiger partial charge in [0.15, 0.2) is 0 Å². The number of carboxylic acids is 1. The number of thiazole rings is 1. The first-order chi connectivity index (χ1) is 10.3. The summed E-state index contributed by atoms with van der Waals surface area (Å²) in [5.74, 6) is -1.01. The quantitative estimate of drug-likeness (QED) is 0.838. The molecule has 0 amide bonds. The molecule has 0 bridgehead atoms. The predicted molar refractivity (Wildman–Crippen MR) is 83.9 cm³/mol. The van der Waals surface area contributed by atoms with Gasteiger partial charge in [0.1, 0.15) is 4.88 Å². The maximum absolute atomic E-state index is 12.1. The van der Waals surface area contributed by atoms with Crippen LogP contribution in [-0.4, -0.2) is 31.0 Å². The first-order valence-electron chi connectivity index (χ1n) is 6.55. The fourth-order valence-electron chi connectivity index (χ4n) is 1.92. The molecule has 0 saturated heterocycles. The van der Waals surface area contributed by atoms with Crippen molar-refractivity contribution in [1.29, 1.82) is 0 Å². The van der Waals surface area contributed by atoms with Gasteiger partial charge in [-0.25, -0.2) is 22.9 Å². The highest BCUT2D eigenvalue weighted by atomic mass is 32.2. The summed E-state index contributed by atoms with van der Waals surface area (Å²) in [6, 6.07) is 6.64. The molecule has 0 aliphatic heterocycles. The van der Waals surface area contributed by atoms with Gasteiger partial charge < -0.3 is 5.11 Å². The minimum Gasteiger partial charge on any atom is -0.477 e. The van der Waals surface area contributed by atoms with Gasteiger partial charge in [0.25, 0.3) is 0 Å². The second-order valence-electron chi connectivity index (χ2n) is 4.79. The molecular weight excluding hydrogens is 324 g/mol. The van der Waals surface area contributed by atoms with E-state index in [2.05, 4.69) is 9.71 Å². The van der Waals surface area contributed by atoms with E-state index in [1.54, 1.807) is 19.1 Å². The zero-order valence-corrected chi connectivity index (χ0v) is 13.8. The van der Waals surface area contributed by atoms with Crippen molar-refractivity contribution in [3.8, 4) is 0 Å². The van der Waals surface area contributed by atoms with Crippen molar-refractivity contribution in [2.45, 2.75) is 25.2 Å². The number of aromatic nitrogens is 1. The van der Waals surface area contributed by atoms with Crippen molar-refractivity contribution >= 4 is 27.3 Å². The van der Waals surface area contributed by atoms with Crippen LogP contribution in [0.25, 0.3) is 0 Å². The number of sulfonamides is 1. The van der Waals surface area contributed by atoms with Crippen LogP contribution in [0.2, 0.25) is 0 Å². The summed E-state index contributed by atoms with van der Waals surface area (Å²) >= 11 is 1.07. The third-order valence-electron chi connectivity index (χ3n) is 2.97. The summed E-state index contributed by atoms with van der Waals surface area (Å²) in [4.78, 5) is 15.5. The second-order valence-corrected chi connectivity index (χ2v) is 7.64. The fraction of sp³-hybridized carbons (Fsp3) is 0.286. The minimum absolute atomic E-state index is 0.169. The Morgan fingerprint density at radius 3 is 2.68 bits per heavy atom. The molecule has 8 heteroatoms. The normalized spacial score (nSPS) is 11.5. The number of hydrogen-bond acceptors (Lipinski definition) is 5. The van der Waals surface area contributed by atoms with Crippen LogP contribution >= 0.6 is 11.3 Å². The minimum atomic E-state index is -3.56. The number of nitrogens with one attached hydrogen (secondary N) is 1. The zero-order chi connectivity index (χ0) is 16.3. The van der Waals surface area contributed by atoms with E-state index in [9.17, 15) is 13.2 Å². The zero-order valence-electron chi connectivity index (χ0n) is 12.2. The van der Waals surface area contributed by atoms with Gasteiger partial charge in [-0.1, -0.05) is 12.1 Å². The number of benzene rings is 1. The molecular formula is C14H16N2O4S2. The monoisotopic (exact) mass is 340 g/mol. The molecule has 1 aromatic heterocycles. The van der Waals surface area contributed by atoms with Gasteiger partial charge in [-0.05, 0) is 31.5 Å². The fourth-order valence-corrected chi connectivity index (χ4v) is 3.96. The van der Waals surface area contributed by atoms with Crippen molar-refractivity contribution in [3.63, 3.8) is 0 Å². The molecule has 22 heavy (non-hydrogen) atoms. The summed E-state index contributed by atoms with van der Waals surface area (Å²) < 4.78 is 26.8. The van der Waals surface area contributed by atoms with Crippen LogP contribution < -0.4 is 4.72 Å². The maximum atomic E-state index is 12.1. The van der Waals surface area contributed by atoms with Gasteiger partial charge in [0.05, 0.1) is 15.6 Å². The molecule has 2 aromatic rings. The molecule has 0 fully saturated rings. The SMILES string of the molecule is Cc1cccc(S(=O)(=O)NCCc2nc(C)c(C(=O)O)s2)c1. The third-order valence-corrected chi connectivity index (χ3v) is 5.63. The molecule has 0 saturated carbocycles. The Morgan fingerprint density at radius 1 is 1.36 bits per heavy atom. The maximum Gasteiger partial charge on any atom is 0.347 e. The molecule has 0 aliphatic carbocycles. The first kappa shape index (κ1) is 16.6. The summed E-state index contributed by atoms with van der Waals surface area (Å²) in [6.45, 7) is 3.62. The highest BCUT2D eigenvalue weighted by molar-refractivity contribution is 7.89. The second kappa shape index (κ2) is 6.55. The van der Waals surface area contributed by atoms with Crippen LogP contribution in [-0.2, 0) is 16.4 Å². The van der Waals surface area contributed by atoms with Crippen LogP contribution in [0.15, 0.2) is 29.2 Å². The summed E-state index contributed by atoms with van der Waals surface area (Å²) in [6.07, 6.45) is 0.351. The summed E-state index contributed by atoms with van der Waals surface area (Å²) in [7, 11) is -3.56. The number of aromatic carboxylic acids is 1. The molecule has 0 radical (unpaired) electrons. The third kappa shape index (κ3) is 3.90. The van der Waals surface area contributed by atoms with E-state index in [1.165, 1.54) is 6.07 Å². The van der Waals surface area contributed by atoms with Crippen molar-refractivity contribution < 1.29 is 18.3 Å². The van der Waals surface area contributed by atoms with Crippen LogP contribution in [0.5, 0.6) is 0 Å². The molecule has 0 unspecified atom stereocenters. The van der Waals surface area contributed by atoms with Crippen molar-refractivity contribution in [1.82, 2.24) is 9.71 Å². The smallest absolute Gasteiger partial charge is 0.347 e. The number of nitrogens with zero attached hydrogens (tertiary/aromatic N) is 1. The van der Waals surface area contributed by atoms with E-state index in [0.29, 0.717) is 17.1 Å². The van der Waals surface area contributed by atoms with E-state index >= 15 is 0 Å². The van der Waals surface area contributed by atoms with E-state index in [0.717, 1.165) is 16.9 Å². The number of hydrogen-bond donors (Lipinski definition) is 2. The van der Waals surface area contributed by atoms with Crippen molar-refractivity contribution in [2.24, 2.45) is 0 Å². The number of carbonyl (C=O) groups is 1. The summed E-state index contributed by atoms with van der Waals surface area (Å²) in [5, 5.41) is 9.57. The molecule has 1 heterocycles. The lowest BCUT2D eigenvalue weighted by atomic mass is 10.2. The highest BCUT2D eigenvalue weighted by Gasteiger charge is 2.16. The molecule has 1 aromatic carbocycles. The average molecular weight is 340 g/mol. The molecule has 118 valence electrons. The van der Waals surface area contributed by atoms with Crippen LogP contribution in [0.3, 0.4) is 0 Å². The molecule has 6 nitrogen and oxygen atoms in total. The lowest BCUT2D eigenvalue weighted by Crippen LogP contribution is -2.26. The highest BCUT2D eigenvalue weighted by Crippen LogP contribution is 2.18. The van der Waals surface area contributed by atoms with E-state index in [-0.39, 0.29) is 16.3 Å². The number of carboxylic acid groups (broad SMARTS) is 1. The molecule has 2 N–H and O–H groups in total. The predicted octanol–water partition coefficient (Wildman–Crippen LogP) is 1.98. The number of aryl methyl sites for hydroxylation is 2. The van der Waals surface area contributed by atoms with Gasteiger partial charge in [-0.15, -0.1) is 11.3 Å². The van der Waals surface area contributed by atoms with Gasteiger partial charge in [-0.3, -0.25) is 0 Å². The van der Waals surface area contributed by atoms with Crippen LogP contribution in [0.4, 0.5) is 0 Å². The number of rotatable bonds is 6. The van der Waals surface area contributed by atoms with E-state index in [4.69, 9.17) is 5.11 Å². The van der Waals surface area contributed by atoms with Gasteiger partial charge in [0.2, 0.25) is 10.0 Å². The lowest BCUT2D eigenvalue weighted by molar-refractivity contribution is 0.0701. The Kier molecular flexibility index (Phi) is 4.94. The molecule has 2 rings (SSSR count). The van der Waals surface area contributed by atoms with Gasteiger partial charge in [0, 0.05) is 13.0 Å². The van der Waals surface area contributed by atoms with Crippen LogP contribution in [0, 0.1) is 13.8 Å². The Hall–Kier alpha value is -1.77. The van der Waals surface area contributed by atoms with Gasteiger partial charge >= 0.3 is 5.97 Å². The Labute approximate surface area is 132 Å². The first-order valence-corrected chi connectivity index (χ1v) is 8.85. The van der Waals surface area contributed by atoms with Crippen LogP contribution in [0.1, 0.15) is 25.9 Å². The lowest BCUT2D eigenvalue weighted by Gasteiger charge is -2.06. The molecule has 0 aliphatic rings. The Balaban J connectivity index is 2.01. The van der Waals surface area contributed by atoms with Crippen molar-refractivity contribution in [3.05, 3.63) is 45.4 Å². The van der Waals surface area contributed by atoms with Crippen molar-refractivity contribution in [2.75, 3.05) is 6.54 Å². The van der Waals surface area contributed by atoms with Gasteiger partial charge in [-0.2, -0.15) is 0 Å². The Morgan fingerprint density at radius 2 is 2.09 bits per heavy atom. The Bertz CT molecular complexity index is 797. The molecule has 0 atom stereocenters. The topological polar surface area (TPSA) is 96.4 Å². The average Bonchev–Trinajstić information content (AvgIpc) is 2.80. The van der Waals surface area contributed by atoms with E-state index in [1.807, 2.05) is 13.0 Å². The summed E-state index contributed by atoms with van der Waals surface area (Å²) in [5.41, 5.74) is 1.32. The molecule has 0 spiro atoms.